The Kier molecular flexibility index (Phi) is 5.11. The van der Waals surface area contributed by atoms with E-state index in [4.69, 9.17) is 14.3 Å². The summed E-state index contributed by atoms with van der Waals surface area (Å²) >= 11 is 0. The second kappa shape index (κ2) is 7.91. The van der Waals surface area contributed by atoms with E-state index in [0.29, 0.717) is 5.75 Å². The summed E-state index contributed by atoms with van der Waals surface area (Å²) in [6.07, 6.45) is 9.01. The maximum Gasteiger partial charge on any atom is 0.387 e. The second-order valence-electron chi connectivity index (χ2n) is 8.34. The first kappa shape index (κ1) is 19.4. The molecule has 4 nitrogen and oxygen atoms in total. The molecule has 5 rings (SSSR count). The average Bonchev–Trinajstić information content (AvgIpc) is 3.33. The number of halogens is 2. The van der Waals surface area contributed by atoms with Crippen LogP contribution in [0.5, 0.6) is 11.5 Å². The first-order valence-corrected chi connectivity index (χ1v) is 10.6. The van der Waals surface area contributed by atoms with Crippen molar-refractivity contribution in [3.05, 3.63) is 65.2 Å². The SMILES string of the molecule is FC(F)Oc1ccc(C2=CC3(CCCCC3)ON2)cc1OC1Cc2ccccc2C1. The predicted molar refractivity (Wildman–Crippen MR) is 109 cm³/mol. The summed E-state index contributed by atoms with van der Waals surface area (Å²) in [5.74, 6) is 0.384. The van der Waals surface area contributed by atoms with Gasteiger partial charge >= 0.3 is 6.61 Å². The van der Waals surface area contributed by atoms with Crippen LogP contribution in [-0.4, -0.2) is 18.3 Å². The summed E-state index contributed by atoms with van der Waals surface area (Å²) < 4.78 is 36.8. The van der Waals surface area contributed by atoms with Gasteiger partial charge in [-0.25, -0.2) is 0 Å². The monoisotopic (exact) mass is 413 g/mol. The van der Waals surface area contributed by atoms with Gasteiger partial charge in [-0.15, -0.1) is 0 Å². The Morgan fingerprint density at radius 3 is 2.40 bits per heavy atom. The van der Waals surface area contributed by atoms with Crippen molar-refractivity contribution in [3.63, 3.8) is 0 Å². The zero-order chi connectivity index (χ0) is 20.6. The van der Waals surface area contributed by atoms with Crippen LogP contribution < -0.4 is 15.0 Å². The van der Waals surface area contributed by atoms with Crippen molar-refractivity contribution in [2.24, 2.45) is 0 Å². The molecule has 1 N–H and O–H groups in total. The van der Waals surface area contributed by atoms with E-state index < -0.39 is 6.61 Å². The Morgan fingerprint density at radius 2 is 1.70 bits per heavy atom. The van der Waals surface area contributed by atoms with E-state index in [9.17, 15) is 8.78 Å². The summed E-state index contributed by atoms with van der Waals surface area (Å²) in [4.78, 5) is 5.92. The fourth-order valence-corrected chi connectivity index (χ4v) is 4.76. The molecule has 2 aromatic rings. The van der Waals surface area contributed by atoms with Crippen molar-refractivity contribution in [3.8, 4) is 11.5 Å². The van der Waals surface area contributed by atoms with E-state index in [0.717, 1.165) is 49.8 Å². The molecular formula is C24H25F2NO3. The summed E-state index contributed by atoms with van der Waals surface area (Å²) in [5, 5.41) is 0. The molecule has 2 aromatic carbocycles. The molecule has 0 atom stereocenters. The number of hydrogen-bond acceptors (Lipinski definition) is 4. The number of hydrogen-bond donors (Lipinski definition) is 1. The highest BCUT2D eigenvalue weighted by atomic mass is 19.3. The molecule has 1 spiro atoms. The lowest BCUT2D eigenvalue weighted by Crippen LogP contribution is -2.31. The molecule has 30 heavy (non-hydrogen) atoms. The van der Waals surface area contributed by atoms with Crippen molar-refractivity contribution >= 4 is 5.70 Å². The molecule has 158 valence electrons. The molecule has 3 aliphatic rings. The number of fused-ring (bicyclic) bond motifs is 1. The maximum atomic E-state index is 12.9. The summed E-state index contributed by atoms with van der Waals surface area (Å²) in [5.41, 5.74) is 6.94. The normalized spacial score (nSPS) is 20.2. The maximum absolute atomic E-state index is 12.9. The quantitative estimate of drug-likeness (QED) is 0.711. The van der Waals surface area contributed by atoms with Gasteiger partial charge in [-0.05, 0) is 48.2 Å². The van der Waals surface area contributed by atoms with Gasteiger partial charge in [0.05, 0.1) is 5.70 Å². The largest absolute Gasteiger partial charge is 0.486 e. The summed E-state index contributed by atoms with van der Waals surface area (Å²) in [6.45, 7) is -2.91. The van der Waals surface area contributed by atoms with Crippen LogP contribution in [0.25, 0.3) is 5.70 Å². The first-order chi connectivity index (χ1) is 14.6. The van der Waals surface area contributed by atoms with Gasteiger partial charge in [0.1, 0.15) is 11.7 Å². The number of benzene rings is 2. The minimum atomic E-state index is -2.91. The standard InChI is InChI=1S/C24H25F2NO3/c25-23(26)29-21-9-8-18(20-15-24(30-27-20)10-4-1-5-11-24)14-22(21)28-19-12-16-6-2-3-7-17(16)13-19/h2-3,6-9,14-15,19,23,27H,1,4-5,10-13H2. The molecule has 0 bridgehead atoms. The Bertz CT molecular complexity index is 928. The average molecular weight is 413 g/mol. The lowest BCUT2D eigenvalue weighted by atomic mass is 9.84. The fraction of sp³-hybridized carbons (Fsp3) is 0.417. The van der Waals surface area contributed by atoms with Crippen LogP contribution in [0.3, 0.4) is 0 Å². The minimum Gasteiger partial charge on any atom is -0.486 e. The Labute approximate surface area is 174 Å². The van der Waals surface area contributed by atoms with Crippen molar-refractivity contribution in [2.45, 2.75) is 63.3 Å². The van der Waals surface area contributed by atoms with Crippen molar-refractivity contribution in [1.82, 2.24) is 5.48 Å². The van der Waals surface area contributed by atoms with E-state index in [1.54, 1.807) is 18.2 Å². The molecule has 0 aromatic heterocycles. The highest BCUT2D eigenvalue weighted by molar-refractivity contribution is 5.68. The Hall–Kier alpha value is -2.60. The first-order valence-electron chi connectivity index (χ1n) is 10.6. The second-order valence-corrected chi connectivity index (χ2v) is 8.34. The van der Waals surface area contributed by atoms with Gasteiger partial charge in [-0.2, -0.15) is 8.78 Å². The van der Waals surface area contributed by atoms with Crippen LogP contribution in [-0.2, 0) is 17.7 Å². The molecular weight excluding hydrogens is 388 g/mol. The topological polar surface area (TPSA) is 39.7 Å². The van der Waals surface area contributed by atoms with Crippen LogP contribution in [0.15, 0.2) is 48.5 Å². The highest BCUT2D eigenvalue weighted by Gasteiger charge is 2.36. The molecule has 6 heteroatoms. The molecule has 0 amide bonds. The third-order valence-corrected chi connectivity index (χ3v) is 6.25. The van der Waals surface area contributed by atoms with Gasteiger partial charge in [0.15, 0.2) is 11.5 Å². The van der Waals surface area contributed by atoms with Gasteiger partial charge in [0.2, 0.25) is 0 Å². The van der Waals surface area contributed by atoms with E-state index in [-0.39, 0.29) is 17.5 Å². The number of nitrogens with one attached hydrogen (secondary N) is 1. The highest BCUT2D eigenvalue weighted by Crippen LogP contribution is 2.40. The molecule has 1 fully saturated rings. The van der Waals surface area contributed by atoms with Gasteiger partial charge in [-0.3, -0.25) is 10.3 Å². The van der Waals surface area contributed by atoms with Crippen molar-refractivity contribution in [2.75, 3.05) is 0 Å². The van der Waals surface area contributed by atoms with Crippen molar-refractivity contribution < 1.29 is 23.1 Å². The van der Waals surface area contributed by atoms with Crippen LogP contribution in [0.4, 0.5) is 8.78 Å². The van der Waals surface area contributed by atoms with Gasteiger partial charge in [0, 0.05) is 18.4 Å². The zero-order valence-electron chi connectivity index (χ0n) is 16.7. The lowest BCUT2D eigenvalue weighted by Gasteiger charge is -2.29. The van der Waals surface area contributed by atoms with Crippen LogP contribution in [0.1, 0.15) is 48.8 Å². The predicted octanol–water partition coefficient (Wildman–Crippen LogP) is 5.41. The van der Waals surface area contributed by atoms with E-state index in [1.807, 2.05) is 12.1 Å². The van der Waals surface area contributed by atoms with Crippen LogP contribution in [0, 0.1) is 0 Å². The molecule has 1 heterocycles. The molecule has 0 unspecified atom stereocenters. The zero-order valence-corrected chi connectivity index (χ0v) is 16.7. The molecule has 1 aliphatic heterocycles. The third-order valence-electron chi connectivity index (χ3n) is 6.25. The Morgan fingerprint density at radius 1 is 0.967 bits per heavy atom. The molecule has 0 saturated heterocycles. The van der Waals surface area contributed by atoms with Gasteiger partial charge in [-0.1, -0.05) is 43.5 Å². The lowest BCUT2D eigenvalue weighted by molar-refractivity contribution is -0.0558. The summed E-state index contributed by atoms with van der Waals surface area (Å²) in [7, 11) is 0. The van der Waals surface area contributed by atoms with Crippen molar-refractivity contribution in [1.29, 1.82) is 0 Å². The van der Waals surface area contributed by atoms with Crippen LogP contribution in [0.2, 0.25) is 0 Å². The van der Waals surface area contributed by atoms with Gasteiger partial charge < -0.3 is 9.47 Å². The van der Waals surface area contributed by atoms with E-state index >= 15 is 0 Å². The minimum absolute atomic E-state index is 0.0524. The molecule has 2 aliphatic carbocycles. The Balaban J connectivity index is 1.40. The van der Waals surface area contributed by atoms with Gasteiger partial charge in [0.25, 0.3) is 0 Å². The van der Waals surface area contributed by atoms with E-state index in [2.05, 4.69) is 23.7 Å². The number of hydroxylamine groups is 1. The smallest absolute Gasteiger partial charge is 0.387 e. The number of ether oxygens (including phenoxy) is 2. The third kappa shape index (κ3) is 3.88. The number of alkyl halides is 2. The van der Waals surface area contributed by atoms with Crippen LogP contribution >= 0.6 is 0 Å². The van der Waals surface area contributed by atoms with E-state index in [1.165, 1.54) is 17.5 Å². The number of rotatable bonds is 5. The summed E-state index contributed by atoms with van der Waals surface area (Å²) in [6, 6.07) is 13.3. The fourth-order valence-electron chi connectivity index (χ4n) is 4.76. The molecule has 1 saturated carbocycles. The molecule has 0 radical (unpaired) electrons.